The fourth-order valence-corrected chi connectivity index (χ4v) is 3.05. The van der Waals surface area contributed by atoms with Crippen molar-refractivity contribution in [2.75, 3.05) is 5.73 Å². The molecular formula is C14H19BrFN3. The molecule has 0 radical (unpaired) electrons. The molecule has 2 rings (SSSR count). The topological polar surface area (TPSA) is 43.8 Å². The summed E-state index contributed by atoms with van der Waals surface area (Å²) in [5.74, 6) is 0.670. The zero-order valence-electron chi connectivity index (χ0n) is 11.5. The van der Waals surface area contributed by atoms with Gasteiger partial charge >= 0.3 is 0 Å². The molecule has 1 unspecified atom stereocenters. The lowest BCUT2D eigenvalue weighted by atomic mass is 9.95. The van der Waals surface area contributed by atoms with Crippen LogP contribution >= 0.6 is 15.9 Å². The first-order chi connectivity index (χ1) is 8.99. The molecule has 0 aliphatic carbocycles. The maximum atomic E-state index is 13.7. The highest BCUT2D eigenvalue weighted by atomic mass is 79.9. The summed E-state index contributed by atoms with van der Waals surface area (Å²) in [6.45, 7) is 6.45. The third-order valence-electron chi connectivity index (χ3n) is 3.90. The van der Waals surface area contributed by atoms with Crippen LogP contribution < -0.4 is 5.73 Å². The Morgan fingerprint density at radius 1 is 1.37 bits per heavy atom. The molecule has 104 valence electrons. The van der Waals surface area contributed by atoms with Crippen molar-refractivity contribution in [3.63, 3.8) is 0 Å². The van der Waals surface area contributed by atoms with Gasteiger partial charge in [0.25, 0.3) is 0 Å². The predicted molar refractivity (Wildman–Crippen MR) is 80.6 cm³/mol. The first-order valence-corrected chi connectivity index (χ1v) is 7.41. The Morgan fingerprint density at radius 3 is 2.58 bits per heavy atom. The van der Waals surface area contributed by atoms with E-state index in [1.807, 2.05) is 4.57 Å². The molecular weight excluding hydrogens is 309 g/mol. The van der Waals surface area contributed by atoms with Crippen LogP contribution in [-0.2, 0) is 0 Å². The molecule has 19 heavy (non-hydrogen) atoms. The van der Waals surface area contributed by atoms with Crippen LogP contribution in [0.5, 0.6) is 0 Å². The van der Waals surface area contributed by atoms with Crippen LogP contribution in [0.3, 0.4) is 0 Å². The molecule has 0 saturated heterocycles. The molecule has 1 heterocycles. The number of nitrogens with zero attached hydrogens (tertiary/aromatic N) is 2. The van der Waals surface area contributed by atoms with Crippen LogP contribution in [0.4, 0.5) is 10.3 Å². The molecule has 0 aliphatic rings. The normalized spacial score (nSPS) is 13.4. The maximum absolute atomic E-state index is 13.7. The van der Waals surface area contributed by atoms with Gasteiger partial charge in [-0.25, -0.2) is 9.37 Å². The number of rotatable bonds is 4. The first-order valence-electron chi connectivity index (χ1n) is 6.62. The molecule has 5 heteroatoms. The van der Waals surface area contributed by atoms with Gasteiger partial charge in [0.1, 0.15) is 5.82 Å². The van der Waals surface area contributed by atoms with Crippen molar-refractivity contribution in [2.45, 2.75) is 39.7 Å². The highest BCUT2D eigenvalue weighted by Gasteiger charge is 2.21. The lowest BCUT2D eigenvalue weighted by Gasteiger charge is -2.24. The van der Waals surface area contributed by atoms with E-state index in [4.69, 9.17) is 5.73 Å². The molecule has 0 spiro atoms. The van der Waals surface area contributed by atoms with Crippen LogP contribution in [0.15, 0.2) is 16.6 Å². The minimum atomic E-state index is -0.287. The van der Waals surface area contributed by atoms with Crippen LogP contribution in [-0.4, -0.2) is 9.55 Å². The molecule has 0 saturated carbocycles. The van der Waals surface area contributed by atoms with Crippen LogP contribution in [0, 0.1) is 11.7 Å². The van der Waals surface area contributed by atoms with Crippen LogP contribution in [0.25, 0.3) is 11.0 Å². The van der Waals surface area contributed by atoms with E-state index in [0.29, 0.717) is 16.3 Å². The Balaban J connectivity index is 2.59. The second kappa shape index (κ2) is 5.49. The van der Waals surface area contributed by atoms with Crippen molar-refractivity contribution < 1.29 is 4.39 Å². The number of hydrogen-bond donors (Lipinski definition) is 1. The van der Waals surface area contributed by atoms with Gasteiger partial charge in [0.15, 0.2) is 0 Å². The maximum Gasteiger partial charge on any atom is 0.201 e. The largest absolute Gasteiger partial charge is 0.369 e. The molecule has 1 aromatic carbocycles. The van der Waals surface area contributed by atoms with Crippen molar-refractivity contribution in [1.29, 1.82) is 0 Å². The lowest BCUT2D eigenvalue weighted by Crippen LogP contribution is -2.17. The minimum absolute atomic E-state index is 0.209. The van der Waals surface area contributed by atoms with Gasteiger partial charge in [0.05, 0.1) is 15.5 Å². The van der Waals surface area contributed by atoms with Gasteiger partial charge in [0.2, 0.25) is 5.95 Å². The summed E-state index contributed by atoms with van der Waals surface area (Å²) in [7, 11) is 0. The zero-order chi connectivity index (χ0) is 14.2. The lowest BCUT2D eigenvalue weighted by molar-refractivity contribution is 0.342. The Morgan fingerprint density at radius 2 is 2.00 bits per heavy atom. The van der Waals surface area contributed by atoms with Gasteiger partial charge in [-0.15, -0.1) is 0 Å². The summed E-state index contributed by atoms with van der Waals surface area (Å²) in [6, 6.07) is 3.39. The molecule has 0 bridgehead atoms. The van der Waals surface area contributed by atoms with Crippen molar-refractivity contribution >= 4 is 32.9 Å². The first kappa shape index (κ1) is 14.3. The minimum Gasteiger partial charge on any atom is -0.369 e. The van der Waals surface area contributed by atoms with E-state index in [1.54, 1.807) is 6.07 Å². The summed E-state index contributed by atoms with van der Waals surface area (Å²) >= 11 is 3.18. The molecule has 3 nitrogen and oxygen atoms in total. The molecule has 0 aliphatic heterocycles. The van der Waals surface area contributed by atoms with Gasteiger partial charge in [-0.05, 0) is 34.8 Å². The highest BCUT2D eigenvalue weighted by Crippen LogP contribution is 2.32. The van der Waals surface area contributed by atoms with Crippen LogP contribution in [0.1, 0.15) is 39.7 Å². The smallest absolute Gasteiger partial charge is 0.201 e. The average Bonchev–Trinajstić information content (AvgIpc) is 2.66. The summed E-state index contributed by atoms with van der Waals surface area (Å²) in [4.78, 5) is 4.33. The monoisotopic (exact) mass is 327 g/mol. The van der Waals surface area contributed by atoms with Crippen molar-refractivity contribution in [3.05, 3.63) is 22.4 Å². The summed E-state index contributed by atoms with van der Waals surface area (Å²) in [6.07, 6.45) is 2.13. The van der Waals surface area contributed by atoms with E-state index in [-0.39, 0.29) is 11.9 Å². The number of benzene rings is 1. The fraction of sp³-hybridized carbons (Fsp3) is 0.500. The summed E-state index contributed by atoms with van der Waals surface area (Å²) in [5.41, 5.74) is 7.50. The number of hydrogen-bond acceptors (Lipinski definition) is 2. The molecule has 1 atom stereocenters. The highest BCUT2D eigenvalue weighted by molar-refractivity contribution is 9.10. The summed E-state index contributed by atoms with van der Waals surface area (Å²) < 4.78 is 16.1. The number of aromatic nitrogens is 2. The SMILES string of the molecule is CCC(CC)C(C)n1c(N)nc2cc(Br)c(F)cc21. The van der Waals surface area contributed by atoms with Crippen molar-refractivity contribution in [1.82, 2.24) is 9.55 Å². The van der Waals surface area contributed by atoms with E-state index in [2.05, 4.69) is 41.7 Å². The standard InChI is InChI=1S/C14H19BrFN3/c1-4-9(5-2)8(3)19-13-7-11(16)10(15)6-12(13)18-14(19)17/h6-9H,4-5H2,1-3H3,(H2,17,18). The predicted octanol–water partition coefficient (Wildman–Crippen LogP) is 4.52. The molecule has 2 N–H and O–H groups in total. The Bertz CT molecular complexity index is 590. The van der Waals surface area contributed by atoms with Crippen molar-refractivity contribution in [2.24, 2.45) is 5.92 Å². The van der Waals surface area contributed by atoms with E-state index < -0.39 is 0 Å². The second-order valence-electron chi connectivity index (χ2n) is 4.91. The zero-order valence-corrected chi connectivity index (χ0v) is 13.0. The van der Waals surface area contributed by atoms with E-state index in [9.17, 15) is 4.39 Å². The third-order valence-corrected chi connectivity index (χ3v) is 4.50. The van der Waals surface area contributed by atoms with E-state index in [0.717, 1.165) is 23.9 Å². The van der Waals surface area contributed by atoms with Gasteiger partial charge in [-0.1, -0.05) is 26.7 Å². The van der Waals surface area contributed by atoms with E-state index >= 15 is 0 Å². The fourth-order valence-electron chi connectivity index (χ4n) is 2.72. The summed E-state index contributed by atoms with van der Waals surface area (Å²) in [5, 5.41) is 0. The number of nitrogen functional groups attached to an aromatic ring is 1. The quantitative estimate of drug-likeness (QED) is 0.897. The molecule has 2 aromatic rings. The third kappa shape index (κ3) is 2.48. The molecule has 0 amide bonds. The number of anilines is 1. The van der Waals surface area contributed by atoms with Crippen molar-refractivity contribution in [3.8, 4) is 0 Å². The number of imidazole rings is 1. The van der Waals surface area contributed by atoms with Gasteiger partial charge in [-0.3, -0.25) is 0 Å². The second-order valence-corrected chi connectivity index (χ2v) is 5.77. The van der Waals surface area contributed by atoms with Crippen LogP contribution in [0.2, 0.25) is 0 Å². The Hall–Kier alpha value is -1.10. The van der Waals surface area contributed by atoms with Gasteiger partial charge < -0.3 is 10.3 Å². The number of halogens is 2. The Kier molecular flexibility index (Phi) is 4.13. The van der Waals surface area contributed by atoms with Gasteiger partial charge in [-0.2, -0.15) is 0 Å². The van der Waals surface area contributed by atoms with Gasteiger partial charge in [0, 0.05) is 12.1 Å². The molecule has 0 fully saturated rings. The average molecular weight is 328 g/mol. The van der Waals surface area contributed by atoms with E-state index in [1.165, 1.54) is 6.07 Å². The Labute approximate surface area is 121 Å². The number of fused-ring (bicyclic) bond motifs is 1. The molecule has 1 aromatic heterocycles. The number of nitrogens with two attached hydrogens (primary N) is 1.